The molecule has 4 aromatic rings. The molecule has 2 aromatic heterocycles. The molecule has 0 radical (unpaired) electrons. The lowest BCUT2D eigenvalue weighted by atomic mass is 10.0. The number of hydrogen-bond donors (Lipinski definition) is 0. The van der Waals surface area contributed by atoms with Crippen LogP contribution in [0.5, 0.6) is 11.5 Å². The molecule has 0 N–H and O–H groups in total. The van der Waals surface area contributed by atoms with Crippen LogP contribution in [0.25, 0.3) is 22.6 Å². The van der Waals surface area contributed by atoms with E-state index in [2.05, 4.69) is 11.1 Å². The average molecular weight is 442 g/mol. The van der Waals surface area contributed by atoms with Crippen molar-refractivity contribution >= 4 is 39.9 Å². The maximum Gasteiger partial charge on any atom is 0.339 e. The van der Waals surface area contributed by atoms with Crippen molar-refractivity contribution in [2.75, 3.05) is 6.79 Å². The fourth-order valence-corrected chi connectivity index (χ4v) is 4.78. The molecule has 2 aromatic carbocycles. The van der Waals surface area contributed by atoms with Gasteiger partial charge in [-0.25, -0.2) is 14.8 Å². The summed E-state index contributed by atoms with van der Waals surface area (Å²) in [7, 11) is 0. The Labute approximate surface area is 188 Å². The van der Waals surface area contributed by atoms with E-state index >= 15 is 0 Å². The molecule has 0 saturated heterocycles. The van der Waals surface area contributed by atoms with Crippen molar-refractivity contribution in [1.29, 1.82) is 0 Å². The number of carbonyl (C=O) groups is 1. The topological polar surface area (TPSA) is 70.5 Å². The van der Waals surface area contributed by atoms with Crippen molar-refractivity contribution < 1.29 is 19.0 Å². The lowest BCUT2D eigenvalue weighted by molar-refractivity contribution is 0.0469. The zero-order valence-corrected chi connectivity index (χ0v) is 17.9. The third kappa shape index (κ3) is 3.31. The second kappa shape index (κ2) is 7.76. The Morgan fingerprint density at radius 3 is 2.94 bits per heavy atom. The number of para-hydroxylation sites is 1. The molecule has 1 aliphatic heterocycles. The number of hydrogen-bond acceptors (Lipinski definition) is 7. The first-order valence-corrected chi connectivity index (χ1v) is 11.3. The molecule has 0 spiro atoms. The quantitative estimate of drug-likeness (QED) is 0.401. The number of nitrogens with zero attached hydrogens (tertiary/aromatic N) is 2. The highest BCUT2D eigenvalue weighted by atomic mass is 32.1. The number of pyridine rings is 1. The van der Waals surface area contributed by atoms with Crippen LogP contribution in [0.1, 0.15) is 39.3 Å². The number of esters is 1. The van der Waals surface area contributed by atoms with Crippen molar-refractivity contribution in [2.24, 2.45) is 0 Å². The van der Waals surface area contributed by atoms with E-state index in [9.17, 15) is 4.79 Å². The molecule has 0 fully saturated rings. The molecule has 158 valence electrons. The van der Waals surface area contributed by atoms with Crippen molar-refractivity contribution in [3.05, 3.63) is 81.4 Å². The summed E-state index contributed by atoms with van der Waals surface area (Å²) in [6.07, 6.45) is 3.66. The lowest BCUT2D eigenvalue weighted by Crippen LogP contribution is -2.10. The van der Waals surface area contributed by atoms with Gasteiger partial charge in [-0.3, -0.25) is 0 Å². The third-order valence-electron chi connectivity index (χ3n) is 5.72. The van der Waals surface area contributed by atoms with Gasteiger partial charge in [-0.15, -0.1) is 11.3 Å². The molecule has 6 nitrogen and oxygen atoms in total. The van der Waals surface area contributed by atoms with Crippen LogP contribution in [-0.2, 0) is 17.8 Å². The van der Waals surface area contributed by atoms with Crippen LogP contribution in [0.3, 0.4) is 0 Å². The standard InChI is InChI=1S/C25H18N2O4S/c28-25(29-11-17-12-32-13-26-17)23-18-3-1-2-4-20(18)27-24-16(6-7-19(23)24)9-15-5-8-21-22(10-15)31-14-30-21/h1-5,8-10,12-13H,6-7,11,14H2. The highest BCUT2D eigenvalue weighted by Crippen LogP contribution is 2.39. The maximum absolute atomic E-state index is 13.2. The predicted molar refractivity (Wildman–Crippen MR) is 122 cm³/mol. The van der Waals surface area contributed by atoms with Gasteiger partial charge in [0.2, 0.25) is 6.79 Å². The van der Waals surface area contributed by atoms with Gasteiger partial charge >= 0.3 is 5.97 Å². The summed E-state index contributed by atoms with van der Waals surface area (Å²) < 4.78 is 16.6. The Hall–Kier alpha value is -3.71. The number of benzene rings is 2. The first-order valence-electron chi connectivity index (χ1n) is 10.3. The second-order valence-electron chi connectivity index (χ2n) is 7.67. The van der Waals surface area contributed by atoms with E-state index in [-0.39, 0.29) is 19.4 Å². The monoisotopic (exact) mass is 442 g/mol. The molecular weight excluding hydrogens is 424 g/mol. The summed E-state index contributed by atoms with van der Waals surface area (Å²) in [5.41, 5.74) is 7.79. The molecule has 0 unspecified atom stereocenters. The molecule has 0 amide bonds. The van der Waals surface area contributed by atoms with Gasteiger partial charge in [-0.1, -0.05) is 24.3 Å². The first-order chi connectivity index (χ1) is 15.8. The minimum atomic E-state index is -0.336. The molecule has 0 saturated carbocycles. The fraction of sp³-hybridized carbons (Fsp3) is 0.160. The number of allylic oxidation sites excluding steroid dienone is 1. The Bertz CT molecular complexity index is 1380. The van der Waals surface area contributed by atoms with E-state index in [4.69, 9.17) is 19.2 Å². The molecule has 6 rings (SSSR count). The average Bonchev–Trinajstić information content (AvgIpc) is 3.57. The van der Waals surface area contributed by atoms with Crippen LogP contribution >= 0.6 is 11.3 Å². The highest BCUT2D eigenvalue weighted by Gasteiger charge is 2.28. The van der Waals surface area contributed by atoms with Crippen molar-refractivity contribution in [1.82, 2.24) is 9.97 Å². The summed E-state index contributed by atoms with van der Waals surface area (Å²) >= 11 is 1.48. The Balaban J connectivity index is 1.41. The second-order valence-corrected chi connectivity index (χ2v) is 8.39. The fourth-order valence-electron chi connectivity index (χ4n) is 4.24. The van der Waals surface area contributed by atoms with E-state index < -0.39 is 0 Å². The van der Waals surface area contributed by atoms with E-state index in [0.29, 0.717) is 5.56 Å². The van der Waals surface area contributed by atoms with Crippen LogP contribution in [0.15, 0.2) is 53.4 Å². The minimum Gasteiger partial charge on any atom is -0.456 e. The van der Waals surface area contributed by atoms with Gasteiger partial charge in [0.15, 0.2) is 11.5 Å². The summed E-state index contributed by atoms with van der Waals surface area (Å²) in [5, 5.41) is 2.70. The maximum atomic E-state index is 13.2. The van der Waals surface area contributed by atoms with Crippen LogP contribution in [0, 0.1) is 0 Å². The summed E-state index contributed by atoms with van der Waals surface area (Å²) in [6.45, 7) is 0.408. The molecule has 1 aliphatic carbocycles. The van der Waals surface area contributed by atoms with Crippen LogP contribution < -0.4 is 9.47 Å². The minimum absolute atomic E-state index is 0.160. The molecular formula is C25H18N2O4S. The molecule has 3 heterocycles. The van der Waals surface area contributed by atoms with Crippen molar-refractivity contribution in [3.63, 3.8) is 0 Å². The number of fused-ring (bicyclic) bond motifs is 3. The molecule has 7 heteroatoms. The van der Waals surface area contributed by atoms with Gasteiger partial charge in [-0.2, -0.15) is 0 Å². The molecule has 0 bridgehead atoms. The van der Waals surface area contributed by atoms with Crippen molar-refractivity contribution in [3.8, 4) is 11.5 Å². The summed E-state index contributed by atoms with van der Waals surface area (Å²) in [5.74, 6) is 1.17. The van der Waals surface area contributed by atoms with E-state index in [1.807, 2.05) is 47.8 Å². The van der Waals surface area contributed by atoms with E-state index in [0.717, 1.165) is 63.3 Å². The van der Waals surface area contributed by atoms with Gasteiger partial charge in [0.05, 0.1) is 28.0 Å². The van der Waals surface area contributed by atoms with Gasteiger partial charge in [0.25, 0.3) is 0 Å². The van der Waals surface area contributed by atoms with Gasteiger partial charge < -0.3 is 14.2 Å². The molecule has 0 atom stereocenters. The zero-order valence-electron chi connectivity index (χ0n) is 17.0. The third-order valence-corrected chi connectivity index (χ3v) is 6.35. The normalized spacial score (nSPS) is 15.3. The number of thiazole rings is 1. The summed E-state index contributed by atoms with van der Waals surface area (Å²) in [6, 6.07) is 13.6. The number of ether oxygens (including phenoxy) is 3. The number of carbonyl (C=O) groups excluding carboxylic acids is 1. The summed E-state index contributed by atoms with van der Waals surface area (Å²) in [4.78, 5) is 22.3. The number of aromatic nitrogens is 2. The Morgan fingerprint density at radius 2 is 2.03 bits per heavy atom. The van der Waals surface area contributed by atoms with Gasteiger partial charge in [-0.05, 0) is 53.8 Å². The molecule has 32 heavy (non-hydrogen) atoms. The predicted octanol–water partition coefficient (Wildman–Crippen LogP) is 5.26. The van der Waals surface area contributed by atoms with E-state index in [1.165, 1.54) is 11.3 Å². The lowest BCUT2D eigenvalue weighted by Gasteiger charge is -2.12. The molecule has 2 aliphatic rings. The van der Waals surface area contributed by atoms with E-state index in [1.54, 1.807) is 5.51 Å². The largest absolute Gasteiger partial charge is 0.456 e. The SMILES string of the molecule is O=C(OCc1cscn1)c1c2c(nc3ccccc13)C(=Cc1ccc3c(c1)OCO3)CC2. The smallest absolute Gasteiger partial charge is 0.339 e. The zero-order chi connectivity index (χ0) is 21.5. The van der Waals surface area contributed by atoms with Gasteiger partial charge in [0, 0.05) is 10.8 Å². The number of rotatable bonds is 4. The van der Waals surface area contributed by atoms with Crippen LogP contribution in [-0.4, -0.2) is 22.7 Å². The van der Waals surface area contributed by atoms with Crippen LogP contribution in [0.2, 0.25) is 0 Å². The first kappa shape index (κ1) is 19.0. The van der Waals surface area contributed by atoms with Crippen LogP contribution in [0.4, 0.5) is 0 Å². The van der Waals surface area contributed by atoms with Gasteiger partial charge in [0.1, 0.15) is 6.61 Å². The Kier molecular flexibility index (Phi) is 4.61. The highest BCUT2D eigenvalue weighted by molar-refractivity contribution is 7.07. The Morgan fingerprint density at radius 1 is 1.12 bits per heavy atom. The van der Waals surface area contributed by atoms with Crippen molar-refractivity contribution in [2.45, 2.75) is 19.4 Å².